The van der Waals surface area contributed by atoms with Crippen LogP contribution in [0.5, 0.6) is 17.2 Å². The quantitative estimate of drug-likeness (QED) is 0.555. The average Bonchev–Trinajstić information content (AvgIpc) is 3.10. The van der Waals surface area contributed by atoms with E-state index in [4.69, 9.17) is 18.9 Å². The van der Waals surface area contributed by atoms with Crippen LogP contribution in [0.4, 0.5) is 11.6 Å². The summed E-state index contributed by atoms with van der Waals surface area (Å²) in [6.45, 7) is 3.27. The van der Waals surface area contributed by atoms with Crippen LogP contribution in [0.1, 0.15) is 30.8 Å². The molecule has 182 valence electrons. The molecular weight excluding hydrogens is 450 g/mol. The summed E-state index contributed by atoms with van der Waals surface area (Å²) in [7, 11) is 3.19. The first-order valence-electron chi connectivity index (χ1n) is 11.3. The van der Waals surface area contributed by atoms with Crippen LogP contribution in [0.3, 0.4) is 0 Å². The van der Waals surface area contributed by atoms with E-state index in [1.165, 1.54) is 0 Å². The highest BCUT2D eigenvalue weighted by atomic mass is 16.5. The summed E-state index contributed by atoms with van der Waals surface area (Å²) in [6, 6.07) is 12.4. The van der Waals surface area contributed by atoms with Gasteiger partial charge in [0.05, 0.1) is 25.9 Å². The molecule has 1 atom stereocenters. The number of ether oxygens (including phenoxy) is 4. The van der Waals surface area contributed by atoms with Gasteiger partial charge < -0.3 is 29.6 Å². The number of hydrogen-bond donors (Lipinski definition) is 2. The lowest BCUT2D eigenvalue weighted by Crippen LogP contribution is -2.31. The predicted molar refractivity (Wildman–Crippen MR) is 129 cm³/mol. The number of carbonyl (C=O) groups is 1. The Balaban J connectivity index is 1.55. The van der Waals surface area contributed by atoms with Crippen LogP contribution in [0.25, 0.3) is 0 Å². The van der Waals surface area contributed by atoms with E-state index in [1.54, 1.807) is 43.2 Å². The molecule has 0 fully saturated rings. The van der Waals surface area contributed by atoms with Gasteiger partial charge in [-0.1, -0.05) is 6.07 Å². The lowest BCUT2D eigenvalue weighted by atomic mass is 9.94. The Labute approximate surface area is 202 Å². The maximum atomic E-state index is 13.6. The zero-order valence-electron chi connectivity index (χ0n) is 19.8. The second-order valence-corrected chi connectivity index (χ2v) is 8.23. The molecule has 1 aromatic heterocycles. The number of carbonyl (C=O) groups excluding carboxylic acids is 1. The highest BCUT2D eigenvalue weighted by Crippen LogP contribution is 2.39. The Morgan fingerprint density at radius 1 is 1.14 bits per heavy atom. The third kappa shape index (κ3) is 4.52. The topological polar surface area (TPSA) is 109 Å². The molecule has 0 bridgehead atoms. The smallest absolute Gasteiger partial charge is 0.255 e. The van der Waals surface area contributed by atoms with E-state index in [0.717, 1.165) is 12.0 Å². The highest BCUT2D eigenvalue weighted by Gasteiger charge is 2.35. The van der Waals surface area contributed by atoms with Gasteiger partial charge in [0.2, 0.25) is 5.95 Å². The van der Waals surface area contributed by atoms with Crippen molar-refractivity contribution >= 4 is 17.5 Å². The first-order valence-corrected chi connectivity index (χ1v) is 11.3. The number of rotatable bonds is 6. The number of anilines is 2. The van der Waals surface area contributed by atoms with E-state index in [9.17, 15) is 4.79 Å². The van der Waals surface area contributed by atoms with E-state index in [2.05, 4.69) is 20.7 Å². The summed E-state index contributed by atoms with van der Waals surface area (Å²) < 4.78 is 23.9. The van der Waals surface area contributed by atoms with Gasteiger partial charge in [0, 0.05) is 24.9 Å². The number of methoxy groups -OCH3 is 2. The molecule has 2 N–H and O–H groups in total. The Hall–Kier alpha value is -4.05. The largest absolute Gasteiger partial charge is 0.497 e. The van der Waals surface area contributed by atoms with Gasteiger partial charge >= 0.3 is 0 Å². The Bertz CT molecular complexity index is 1270. The molecular formula is C25H27N5O5. The molecule has 1 amide bonds. The van der Waals surface area contributed by atoms with Crippen molar-refractivity contribution in [1.29, 1.82) is 0 Å². The number of fused-ring (bicyclic) bond motifs is 2. The summed E-state index contributed by atoms with van der Waals surface area (Å²) >= 11 is 0. The summed E-state index contributed by atoms with van der Waals surface area (Å²) in [5.74, 6) is 2.83. The van der Waals surface area contributed by atoms with Crippen LogP contribution in [0.2, 0.25) is 0 Å². The number of nitrogens with one attached hydrogen (secondary N) is 2. The van der Waals surface area contributed by atoms with Crippen LogP contribution in [-0.4, -0.2) is 48.1 Å². The van der Waals surface area contributed by atoms with Crippen LogP contribution in [-0.2, 0) is 16.1 Å². The van der Waals surface area contributed by atoms with Gasteiger partial charge in [-0.05, 0) is 48.9 Å². The van der Waals surface area contributed by atoms with Gasteiger partial charge in [-0.15, -0.1) is 0 Å². The molecule has 10 heteroatoms. The second-order valence-electron chi connectivity index (χ2n) is 8.23. The van der Waals surface area contributed by atoms with Gasteiger partial charge in [0.15, 0.2) is 17.3 Å². The lowest BCUT2D eigenvalue weighted by molar-refractivity contribution is -0.113. The fourth-order valence-electron chi connectivity index (χ4n) is 4.21. The van der Waals surface area contributed by atoms with Crippen molar-refractivity contribution < 1.29 is 23.7 Å². The summed E-state index contributed by atoms with van der Waals surface area (Å²) in [5.41, 5.74) is 2.66. The van der Waals surface area contributed by atoms with Crippen LogP contribution in [0, 0.1) is 0 Å². The molecule has 3 aromatic rings. The molecule has 0 spiro atoms. The standard InChI is InChI=1S/C25H27N5O5/c1-15-22(24(31)27-17-6-8-18(33-3)9-7-17)23(30-25(26-15)28-21(29-30)14-32-2)16-5-10-19-20(13-16)35-12-4-11-34-19/h5-10,13,23H,4,11-12,14H2,1-3H3,(H,27,31)(H,26,28,29). The fraction of sp³-hybridized carbons (Fsp3) is 0.320. The maximum Gasteiger partial charge on any atom is 0.255 e. The van der Waals surface area contributed by atoms with Crippen LogP contribution < -0.4 is 24.8 Å². The van der Waals surface area contributed by atoms with E-state index in [1.807, 2.05) is 25.1 Å². The molecule has 2 aromatic carbocycles. The third-order valence-corrected chi connectivity index (χ3v) is 5.85. The molecule has 2 aliphatic rings. The third-order valence-electron chi connectivity index (χ3n) is 5.85. The molecule has 0 saturated carbocycles. The van der Waals surface area contributed by atoms with Gasteiger partial charge in [-0.2, -0.15) is 10.1 Å². The summed E-state index contributed by atoms with van der Waals surface area (Å²) in [6.07, 6.45) is 0.805. The Kier molecular flexibility index (Phi) is 6.28. The van der Waals surface area contributed by atoms with Gasteiger partial charge in [0.25, 0.3) is 5.91 Å². The molecule has 0 radical (unpaired) electrons. The molecule has 35 heavy (non-hydrogen) atoms. The summed E-state index contributed by atoms with van der Waals surface area (Å²) in [5, 5.41) is 10.9. The maximum absolute atomic E-state index is 13.6. The van der Waals surface area contributed by atoms with Crippen molar-refractivity contribution in [3.8, 4) is 17.2 Å². The van der Waals surface area contributed by atoms with Crippen molar-refractivity contribution in [2.45, 2.75) is 26.0 Å². The second kappa shape index (κ2) is 9.67. The number of amides is 1. The van der Waals surface area contributed by atoms with Crippen molar-refractivity contribution in [1.82, 2.24) is 14.8 Å². The van der Waals surface area contributed by atoms with E-state index in [0.29, 0.717) is 59.2 Å². The molecule has 1 unspecified atom stereocenters. The predicted octanol–water partition coefficient (Wildman–Crippen LogP) is 3.52. The molecule has 2 aliphatic heterocycles. The number of aromatic nitrogens is 3. The first-order chi connectivity index (χ1) is 17.1. The number of nitrogens with zero attached hydrogens (tertiary/aromatic N) is 3. The minimum Gasteiger partial charge on any atom is -0.497 e. The van der Waals surface area contributed by atoms with E-state index >= 15 is 0 Å². The molecule has 3 heterocycles. The van der Waals surface area contributed by atoms with Crippen molar-refractivity contribution in [3.63, 3.8) is 0 Å². The van der Waals surface area contributed by atoms with Crippen LogP contribution in [0.15, 0.2) is 53.7 Å². The summed E-state index contributed by atoms with van der Waals surface area (Å²) in [4.78, 5) is 18.2. The zero-order chi connectivity index (χ0) is 24.4. The van der Waals surface area contributed by atoms with Gasteiger partial charge in [-0.3, -0.25) is 4.79 Å². The van der Waals surface area contributed by atoms with E-state index < -0.39 is 6.04 Å². The lowest BCUT2D eigenvalue weighted by Gasteiger charge is -2.29. The highest BCUT2D eigenvalue weighted by molar-refractivity contribution is 6.06. The van der Waals surface area contributed by atoms with Crippen molar-refractivity contribution in [2.75, 3.05) is 38.1 Å². The molecule has 5 rings (SSSR count). The average molecular weight is 478 g/mol. The normalized spacial score (nSPS) is 16.7. The number of benzene rings is 2. The van der Waals surface area contributed by atoms with Crippen molar-refractivity contribution in [3.05, 3.63) is 65.1 Å². The minimum absolute atomic E-state index is 0.252. The number of hydrogen-bond acceptors (Lipinski definition) is 8. The number of allylic oxidation sites excluding steroid dienone is 1. The Morgan fingerprint density at radius 3 is 2.66 bits per heavy atom. The van der Waals surface area contributed by atoms with E-state index in [-0.39, 0.29) is 12.5 Å². The van der Waals surface area contributed by atoms with Gasteiger partial charge in [-0.25, -0.2) is 4.68 Å². The SMILES string of the molecule is COCc1nc2n(n1)C(c1ccc3c(c1)OCCCO3)C(C(=O)Nc1ccc(OC)cc1)=C(C)N2. The zero-order valence-corrected chi connectivity index (χ0v) is 19.8. The Morgan fingerprint density at radius 2 is 1.91 bits per heavy atom. The van der Waals surface area contributed by atoms with Gasteiger partial charge in [0.1, 0.15) is 18.4 Å². The minimum atomic E-state index is -0.542. The van der Waals surface area contributed by atoms with Crippen molar-refractivity contribution in [2.24, 2.45) is 0 Å². The first kappa shape index (κ1) is 22.7. The molecule has 10 nitrogen and oxygen atoms in total. The monoisotopic (exact) mass is 477 g/mol. The van der Waals surface area contributed by atoms with Crippen LogP contribution >= 0.6 is 0 Å². The molecule has 0 aliphatic carbocycles. The molecule has 0 saturated heterocycles. The fourth-order valence-corrected chi connectivity index (χ4v) is 4.21.